The summed E-state index contributed by atoms with van der Waals surface area (Å²) in [6.07, 6.45) is 9.53. The smallest absolute Gasteiger partial charge is 0.139 e. The van der Waals surface area contributed by atoms with Gasteiger partial charge in [-0.05, 0) is 67.6 Å². The number of hydrogen-bond acceptors (Lipinski definition) is 2. The maximum absolute atomic E-state index is 12.4. The Morgan fingerprint density at radius 2 is 1.71 bits per heavy atom. The highest BCUT2D eigenvalue weighted by atomic mass is 16.2. The van der Waals surface area contributed by atoms with Crippen molar-refractivity contribution in [2.24, 2.45) is 34.5 Å². The quantitative estimate of drug-likeness (QED) is 0.628. The third kappa shape index (κ3) is 1.77. The van der Waals surface area contributed by atoms with Crippen molar-refractivity contribution in [2.45, 2.75) is 71.6 Å². The zero-order chi connectivity index (χ0) is 14.8. The first kappa shape index (κ1) is 14.0. The van der Waals surface area contributed by atoms with Crippen LogP contribution in [0.25, 0.3) is 0 Å². The average molecular weight is 291 g/mol. The first-order valence-electron chi connectivity index (χ1n) is 9.00. The van der Waals surface area contributed by atoms with Crippen LogP contribution in [0.2, 0.25) is 0 Å². The van der Waals surface area contributed by atoms with Gasteiger partial charge in [-0.1, -0.05) is 13.8 Å². The van der Waals surface area contributed by atoms with Gasteiger partial charge in [0.05, 0.1) is 0 Å². The van der Waals surface area contributed by atoms with Crippen LogP contribution in [0.15, 0.2) is 0 Å². The van der Waals surface area contributed by atoms with Crippen LogP contribution in [0.4, 0.5) is 0 Å². The molecule has 4 fully saturated rings. The van der Waals surface area contributed by atoms with E-state index in [-0.39, 0.29) is 5.41 Å². The lowest BCUT2D eigenvalue weighted by molar-refractivity contribution is -0.144. The second kappa shape index (κ2) is 4.43. The zero-order valence-electron chi connectivity index (χ0n) is 13.5. The molecule has 0 unspecified atom stereocenters. The molecular weight excluding hydrogens is 263 g/mol. The molecule has 0 aromatic carbocycles. The first-order valence-corrected chi connectivity index (χ1v) is 9.00. The summed E-state index contributed by atoms with van der Waals surface area (Å²) in [5.74, 6) is 3.82. The molecule has 2 nitrogen and oxygen atoms in total. The molecule has 2 heteroatoms. The van der Waals surface area contributed by atoms with Gasteiger partial charge in [-0.15, -0.1) is 0 Å². The lowest BCUT2D eigenvalue weighted by Gasteiger charge is -2.59. The Labute approximate surface area is 128 Å². The third-order valence-corrected chi connectivity index (χ3v) is 8.19. The summed E-state index contributed by atoms with van der Waals surface area (Å²) >= 11 is 0. The number of hydrogen-bond donors (Lipinski definition) is 0. The largest absolute Gasteiger partial charge is 0.300 e. The van der Waals surface area contributed by atoms with Crippen LogP contribution in [0.1, 0.15) is 71.6 Å². The number of fused-ring (bicyclic) bond motifs is 5. The molecule has 4 aliphatic carbocycles. The molecule has 4 rings (SSSR count). The number of carbonyl (C=O) groups is 2. The number of carbonyl (C=O) groups excluding carboxylic acids is 2. The van der Waals surface area contributed by atoms with E-state index >= 15 is 0 Å². The topological polar surface area (TPSA) is 34.1 Å². The molecular formula is C19H28O2. The molecule has 0 spiro atoms. The fraction of sp³-hybridized carbons (Fsp3) is 0.895. The predicted octanol–water partition coefficient (Wildman–Crippen LogP) is 4.17. The van der Waals surface area contributed by atoms with Crippen molar-refractivity contribution in [3.05, 3.63) is 0 Å². The highest BCUT2D eigenvalue weighted by Crippen LogP contribution is 2.65. The summed E-state index contributed by atoms with van der Waals surface area (Å²) in [7, 11) is 0. The number of rotatable bonds is 0. The van der Waals surface area contributed by atoms with Gasteiger partial charge in [0.1, 0.15) is 11.6 Å². The van der Waals surface area contributed by atoms with E-state index < -0.39 is 0 Å². The van der Waals surface area contributed by atoms with Crippen LogP contribution in [0.3, 0.4) is 0 Å². The minimum absolute atomic E-state index is 0.00511. The molecule has 4 aliphatic rings. The highest BCUT2D eigenvalue weighted by Gasteiger charge is 2.60. The summed E-state index contributed by atoms with van der Waals surface area (Å²) in [5, 5.41) is 0. The fourth-order valence-electron chi connectivity index (χ4n) is 6.82. The Morgan fingerprint density at radius 3 is 2.52 bits per heavy atom. The van der Waals surface area contributed by atoms with Crippen LogP contribution in [-0.2, 0) is 9.59 Å². The zero-order valence-corrected chi connectivity index (χ0v) is 13.5. The molecule has 0 heterocycles. The molecule has 0 amide bonds. The van der Waals surface area contributed by atoms with Gasteiger partial charge in [0, 0.05) is 24.7 Å². The molecule has 116 valence electrons. The van der Waals surface area contributed by atoms with Gasteiger partial charge < -0.3 is 0 Å². The predicted molar refractivity (Wildman–Crippen MR) is 81.7 cm³/mol. The van der Waals surface area contributed by atoms with Crippen molar-refractivity contribution >= 4 is 11.6 Å². The van der Waals surface area contributed by atoms with Crippen molar-refractivity contribution in [3.63, 3.8) is 0 Å². The van der Waals surface area contributed by atoms with Crippen LogP contribution in [-0.4, -0.2) is 11.6 Å². The molecule has 0 N–H and O–H groups in total. The summed E-state index contributed by atoms with van der Waals surface area (Å²) in [4.78, 5) is 24.2. The monoisotopic (exact) mass is 291 g/mol. The molecule has 0 aliphatic heterocycles. The first-order chi connectivity index (χ1) is 9.95. The molecule has 6 atom stereocenters. The van der Waals surface area contributed by atoms with Crippen molar-refractivity contribution in [1.29, 1.82) is 0 Å². The molecule has 4 saturated carbocycles. The van der Waals surface area contributed by atoms with Gasteiger partial charge in [-0.3, -0.25) is 9.59 Å². The van der Waals surface area contributed by atoms with E-state index in [1.165, 1.54) is 19.3 Å². The van der Waals surface area contributed by atoms with E-state index in [4.69, 9.17) is 0 Å². The summed E-state index contributed by atoms with van der Waals surface area (Å²) in [5.41, 5.74) is 0.374. The summed E-state index contributed by atoms with van der Waals surface area (Å²) in [6, 6.07) is 0. The van der Waals surface area contributed by atoms with Crippen LogP contribution in [0, 0.1) is 34.5 Å². The van der Waals surface area contributed by atoms with Crippen molar-refractivity contribution in [2.75, 3.05) is 0 Å². The maximum Gasteiger partial charge on any atom is 0.139 e. The van der Waals surface area contributed by atoms with Gasteiger partial charge in [-0.25, -0.2) is 0 Å². The van der Waals surface area contributed by atoms with Gasteiger partial charge >= 0.3 is 0 Å². The SMILES string of the molecule is C[C@]12C[13CH2][13C](=O)[13CH2][C@@H]1CC[C@@H]1[C@@H]2CC[C@]2(C)C(=O)CC[C@@H]12. The molecule has 0 aromatic heterocycles. The molecule has 21 heavy (non-hydrogen) atoms. The minimum atomic E-state index is -0.00511. The molecule has 0 saturated heterocycles. The Balaban J connectivity index is 1.65. The second-order valence-corrected chi connectivity index (χ2v) is 8.82. The van der Waals surface area contributed by atoms with Crippen LogP contribution in [0.5, 0.6) is 0 Å². The van der Waals surface area contributed by atoms with E-state index in [2.05, 4.69) is 13.8 Å². The Hall–Kier alpha value is -0.660. The van der Waals surface area contributed by atoms with E-state index in [1.54, 1.807) is 0 Å². The minimum Gasteiger partial charge on any atom is -0.300 e. The van der Waals surface area contributed by atoms with E-state index in [9.17, 15) is 9.59 Å². The van der Waals surface area contributed by atoms with E-state index in [0.29, 0.717) is 28.8 Å². The Kier molecular flexibility index (Phi) is 2.94. The summed E-state index contributed by atoms with van der Waals surface area (Å²) in [6.45, 7) is 4.72. The van der Waals surface area contributed by atoms with E-state index in [1.807, 2.05) is 0 Å². The Bertz CT molecular complexity index is 496. The lowest BCUT2D eigenvalue weighted by Crippen LogP contribution is -2.53. The maximum atomic E-state index is 12.4. The van der Waals surface area contributed by atoms with Crippen molar-refractivity contribution in [3.8, 4) is 0 Å². The molecule has 0 radical (unpaired) electrons. The molecule has 0 bridgehead atoms. The van der Waals surface area contributed by atoms with Crippen LogP contribution < -0.4 is 0 Å². The van der Waals surface area contributed by atoms with Gasteiger partial charge in [0.15, 0.2) is 0 Å². The number of ketones is 2. The Morgan fingerprint density at radius 1 is 0.905 bits per heavy atom. The van der Waals surface area contributed by atoms with Gasteiger partial charge in [0.25, 0.3) is 0 Å². The van der Waals surface area contributed by atoms with E-state index in [0.717, 1.165) is 50.4 Å². The van der Waals surface area contributed by atoms with Crippen molar-refractivity contribution < 1.29 is 9.59 Å². The summed E-state index contributed by atoms with van der Waals surface area (Å²) < 4.78 is 0. The van der Waals surface area contributed by atoms with Gasteiger partial charge in [0.2, 0.25) is 0 Å². The molecule has 0 aromatic rings. The average Bonchev–Trinajstić information content (AvgIpc) is 2.76. The fourth-order valence-corrected chi connectivity index (χ4v) is 6.82. The normalized spacial score (nSPS) is 53.0. The van der Waals surface area contributed by atoms with Gasteiger partial charge in [-0.2, -0.15) is 0 Å². The van der Waals surface area contributed by atoms with Crippen LogP contribution >= 0.6 is 0 Å². The highest BCUT2D eigenvalue weighted by molar-refractivity contribution is 5.87. The number of Topliss-reactive ketones (excluding diaryl/α,β-unsaturated/α-hetero) is 2. The standard InChI is InChI=1S/C19H28O2/c1-18-9-7-13(20)11-12(18)3-4-14-15-5-6-17(21)19(15,2)10-8-16(14)18/h12,14-16H,3-11H2,1-2H3/t12-,14-,15-,16-,18-,19-/m0/s1/i7+1,11+1,13+1. The third-order valence-electron chi connectivity index (χ3n) is 8.19. The van der Waals surface area contributed by atoms with Crippen molar-refractivity contribution in [1.82, 2.24) is 0 Å². The lowest BCUT2D eigenvalue weighted by atomic mass is 9.48. The second-order valence-electron chi connectivity index (χ2n) is 8.82.